The highest BCUT2D eigenvalue weighted by molar-refractivity contribution is 7.21. The van der Waals surface area contributed by atoms with Gasteiger partial charge in [0.25, 0.3) is 0 Å². The third kappa shape index (κ3) is 3.83. The van der Waals surface area contributed by atoms with Crippen LogP contribution in [0.25, 0.3) is 31.8 Å². The number of benzene rings is 2. The molecule has 0 fully saturated rings. The number of para-hydroxylation sites is 1. The summed E-state index contributed by atoms with van der Waals surface area (Å²) in [6.07, 6.45) is -2.35. The molecule has 0 saturated carbocycles. The molecule has 0 saturated heterocycles. The standard InChI is InChI=1S/C20H18F3N3OS/c21-20(22,23)27-12-8-9-15-14(11-12)13(5-3-4-10-24)18(25-15)19-26-16-6-1-2-7-17(16)28-19/h1-2,6-9,11,25H,3-5,10,24H2. The highest BCUT2D eigenvalue weighted by Gasteiger charge is 2.31. The van der Waals surface area contributed by atoms with Crippen molar-refractivity contribution in [3.05, 3.63) is 48.0 Å². The number of halogens is 3. The summed E-state index contributed by atoms with van der Waals surface area (Å²) >= 11 is 1.55. The van der Waals surface area contributed by atoms with E-state index in [0.717, 1.165) is 44.8 Å². The smallest absolute Gasteiger partial charge is 0.406 e. The summed E-state index contributed by atoms with van der Waals surface area (Å²) < 4.78 is 43.0. The Balaban J connectivity index is 1.82. The number of alkyl halides is 3. The zero-order valence-corrected chi connectivity index (χ0v) is 15.7. The van der Waals surface area contributed by atoms with Crippen molar-refractivity contribution >= 4 is 32.5 Å². The molecule has 3 N–H and O–H groups in total. The number of aryl methyl sites for hydroxylation is 1. The first-order valence-corrected chi connectivity index (χ1v) is 9.72. The number of thiazole rings is 1. The highest BCUT2D eigenvalue weighted by atomic mass is 32.1. The monoisotopic (exact) mass is 405 g/mol. The molecule has 4 rings (SSSR count). The second-order valence-corrected chi connectivity index (χ2v) is 7.50. The maximum atomic E-state index is 12.6. The van der Waals surface area contributed by atoms with Crippen LogP contribution in [-0.2, 0) is 6.42 Å². The van der Waals surface area contributed by atoms with E-state index < -0.39 is 6.36 Å². The van der Waals surface area contributed by atoms with Crippen LogP contribution < -0.4 is 10.5 Å². The summed E-state index contributed by atoms with van der Waals surface area (Å²) in [5.41, 5.74) is 9.05. The van der Waals surface area contributed by atoms with Gasteiger partial charge in [0, 0.05) is 10.9 Å². The van der Waals surface area contributed by atoms with Gasteiger partial charge in [0.2, 0.25) is 0 Å². The molecule has 0 aliphatic carbocycles. The minimum atomic E-state index is -4.72. The predicted octanol–water partition coefficient (Wildman–Crippen LogP) is 5.62. The van der Waals surface area contributed by atoms with Gasteiger partial charge in [-0.2, -0.15) is 0 Å². The second-order valence-electron chi connectivity index (χ2n) is 6.47. The number of fused-ring (bicyclic) bond motifs is 2. The maximum absolute atomic E-state index is 12.6. The minimum absolute atomic E-state index is 0.227. The van der Waals surface area contributed by atoms with Crippen LogP contribution in [0.1, 0.15) is 18.4 Å². The van der Waals surface area contributed by atoms with Crippen molar-refractivity contribution in [2.75, 3.05) is 6.54 Å². The van der Waals surface area contributed by atoms with Crippen LogP contribution in [0.5, 0.6) is 5.75 Å². The normalized spacial score (nSPS) is 12.1. The highest BCUT2D eigenvalue weighted by Crippen LogP contribution is 2.37. The van der Waals surface area contributed by atoms with E-state index in [1.807, 2.05) is 24.3 Å². The largest absolute Gasteiger partial charge is 0.573 e. The number of unbranched alkanes of at least 4 members (excludes halogenated alkanes) is 1. The average molecular weight is 405 g/mol. The Morgan fingerprint density at radius 1 is 1.11 bits per heavy atom. The Labute approximate surface area is 163 Å². The van der Waals surface area contributed by atoms with Gasteiger partial charge < -0.3 is 15.5 Å². The van der Waals surface area contributed by atoms with E-state index in [0.29, 0.717) is 18.4 Å². The topological polar surface area (TPSA) is 63.9 Å². The first-order valence-electron chi connectivity index (χ1n) is 8.91. The number of nitrogens with one attached hydrogen (secondary N) is 1. The van der Waals surface area contributed by atoms with E-state index >= 15 is 0 Å². The van der Waals surface area contributed by atoms with Gasteiger partial charge in [0.15, 0.2) is 0 Å². The molecule has 0 atom stereocenters. The third-order valence-corrected chi connectivity index (χ3v) is 5.55. The van der Waals surface area contributed by atoms with Crippen LogP contribution in [0.4, 0.5) is 13.2 Å². The van der Waals surface area contributed by atoms with Crippen LogP contribution >= 0.6 is 11.3 Å². The van der Waals surface area contributed by atoms with Crippen molar-refractivity contribution in [1.29, 1.82) is 0 Å². The SMILES string of the molecule is NCCCCc1c(-c2nc3ccccc3s2)[nH]c2ccc(OC(F)(F)F)cc12. The van der Waals surface area contributed by atoms with Crippen LogP contribution in [0.3, 0.4) is 0 Å². The molecule has 4 nitrogen and oxygen atoms in total. The van der Waals surface area contributed by atoms with E-state index in [4.69, 9.17) is 10.7 Å². The van der Waals surface area contributed by atoms with Gasteiger partial charge in [-0.25, -0.2) is 4.98 Å². The molecule has 2 aromatic heterocycles. The number of aromatic nitrogens is 2. The molecule has 8 heteroatoms. The zero-order chi connectivity index (χ0) is 19.7. The van der Waals surface area contributed by atoms with E-state index in [9.17, 15) is 13.2 Å². The summed E-state index contributed by atoms with van der Waals surface area (Å²) in [7, 11) is 0. The molecular weight excluding hydrogens is 387 g/mol. The van der Waals surface area contributed by atoms with E-state index in [2.05, 4.69) is 9.72 Å². The molecule has 0 amide bonds. The predicted molar refractivity (Wildman–Crippen MR) is 106 cm³/mol. The summed E-state index contributed by atoms with van der Waals surface area (Å²) in [6, 6.07) is 12.2. The number of rotatable bonds is 6. The van der Waals surface area contributed by atoms with Crippen molar-refractivity contribution in [2.24, 2.45) is 5.73 Å². The number of aromatic amines is 1. The Bertz CT molecular complexity index is 1080. The van der Waals surface area contributed by atoms with Crippen molar-refractivity contribution in [3.8, 4) is 16.5 Å². The molecule has 2 aromatic carbocycles. The molecule has 0 radical (unpaired) electrons. The van der Waals surface area contributed by atoms with Crippen molar-refractivity contribution in [2.45, 2.75) is 25.6 Å². The summed E-state index contributed by atoms with van der Waals surface area (Å²) in [5, 5.41) is 1.53. The lowest BCUT2D eigenvalue weighted by Gasteiger charge is -2.09. The number of ether oxygens (including phenoxy) is 1. The molecule has 0 bridgehead atoms. The number of H-pyrrole nitrogens is 1. The molecule has 146 valence electrons. The van der Waals surface area contributed by atoms with Crippen molar-refractivity contribution < 1.29 is 17.9 Å². The maximum Gasteiger partial charge on any atom is 0.573 e. The fourth-order valence-corrected chi connectivity index (χ4v) is 4.28. The lowest BCUT2D eigenvalue weighted by molar-refractivity contribution is -0.274. The average Bonchev–Trinajstić information content (AvgIpc) is 3.22. The summed E-state index contributed by atoms with van der Waals surface area (Å²) in [5.74, 6) is -0.227. The van der Waals surface area contributed by atoms with Gasteiger partial charge in [0.1, 0.15) is 10.8 Å². The quantitative estimate of drug-likeness (QED) is 0.409. The minimum Gasteiger partial charge on any atom is -0.406 e. The third-order valence-electron chi connectivity index (χ3n) is 4.50. The van der Waals surface area contributed by atoms with E-state index in [-0.39, 0.29) is 5.75 Å². The molecule has 0 unspecified atom stereocenters. The number of hydrogen-bond donors (Lipinski definition) is 2. The lowest BCUT2D eigenvalue weighted by Crippen LogP contribution is -2.16. The molecule has 4 aromatic rings. The Morgan fingerprint density at radius 3 is 2.68 bits per heavy atom. The Hall–Kier alpha value is -2.58. The Morgan fingerprint density at radius 2 is 1.93 bits per heavy atom. The molecule has 28 heavy (non-hydrogen) atoms. The number of nitrogens with two attached hydrogens (primary N) is 1. The van der Waals surface area contributed by atoms with Gasteiger partial charge in [-0.05, 0) is 61.7 Å². The van der Waals surface area contributed by atoms with E-state index in [1.165, 1.54) is 12.1 Å². The molecule has 0 aliphatic heterocycles. The van der Waals surface area contributed by atoms with Gasteiger partial charge in [-0.15, -0.1) is 24.5 Å². The molecule has 2 heterocycles. The van der Waals surface area contributed by atoms with Gasteiger partial charge >= 0.3 is 6.36 Å². The van der Waals surface area contributed by atoms with Crippen LogP contribution in [0.15, 0.2) is 42.5 Å². The molecular formula is C20H18F3N3OS. The number of nitrogens with zero attached hydrogens (tertiary/aromatic N) is 1. The summed E-state index contributed by atoms with van der Waals surface area (Å²) in [4.78, 5) is 8.04. The van der Waals surface area contributed by atoms with Gasteiger partial charge in [-0.3, -0.25) is 0 Å². The fourth-order valence-electron chi connectivity index (χ4n) is 3.29. The van der Waals surface area contributed by atoms with Crippen molar-refractivity contribution in [3.63, 3.8) is 0 Å². The molecule has 0 spiro atoms. The second kappa shape index (κ2) is 7.44. The fraction of sp³-hybridized carbons (Fsp3) is 0.250. The van der Waals surface area contributed by atoms with Crippen LogP contribution in [-0.4, -0.2) is 22.9 Å². The van der Waals surface area contributed by atoms with Gasteiger partial charge in [0.05, 0.1) is 15.9 Å². The van der Waals surface area contributed by atoms with E-state index in [1.54, 1.807) is 17.4 Å². The number of hydrogen-bond acceptors (Lipinski definition) is 4. The van der Waals surface area contributed by atoms with Gasteiger partial charge in [-0.1, -0.05) is 12.1 Å². The van der Waals surface area contributed by atoms with Crippen molar-refractivity contribution in [1.82, 2.24) is 9.97 Å². The molecule has 0 aliphatic rings. The lowest BCUT2D eigenvalue weighted by atomic mass is 10.0. The summed E-state index contributed by atoms with van der Waals surface area (Å²) in [6.45, 7) is 0.571. The van der Waals surface area contributed by atoms with Crippen LogP contribution in [0, 0.1) is 0 Å². The first-order chi connectivity index (χ1) is 13.4. The zero-order valence-electron chi connectivity index (χ0n) is 14.8. The first kappa shape index (κ1) is 18.8. The Kier molecular flexibility index (Phi) is 4.99. The van der Waals surface area contributed by atoms with Crippen LogP contribution in [0.2, 0.25) is 0 Å².